The summed E-state index contributed by atoms with van der Waals surface area (Å²) >= 11 is 0. The monoisotopic (exact) mass is 236 g/mol. The fourth-order valence-corrected chi connectivity index (χ4v) is 0. The van der Waals surface area contributed by atoms with E-state index in [1.54, 1.807) is 0 Å². The van der Waals surface area contributed by atoms with E-state index < -0.39 is 0 Å². The zero-order valence-electron chi connectivity index (χ0n) is 5.01. The summed E-state index contributed by atoms with van der Waals surface area (Å²) in [5.74, 6) is 0. The molecule has 0 amide bonds. The van der Waals surface area contributed by atoms with Gasteiger partial charge in [-0.25, -0.2) is 0 Å². The van der Waals surface area contributed by atoms with E-state index in [1.165, 1.54) is 0 Å². The third kappa shape index (κ3) is 42.8. The van der Waals surface area contributed by atoms with E-state index in [-0.39, 0.29) is 193 Å². The van der Waals surface area contributed by atoms with Gasteiger partial charge in [0.05, 0.1) is 0 Å². The summed E-state index contributed by atoms with van der Waals surface area (Å²) in [7, 11) is 0. The van der Waals surface area contributed by atoms with Gasteiger partial charge in [0.15, 0.2) is 0 Å². The third-order valence-electron chi connectivity index (χ3n) is 0. The Labute approximate surface area is 187 Å². The molecule has 0 saturated heterocycles. The van der Waals surface area contributed by atoms with E-state index in [9.17, 15) is 0 Å². The molecule has 0 aliphatic carbocycles. The molecule has 8 heteroatoms. The minimum absolute atomic E-state index is 0. The van der Waals surface area contributed by atoms with Gasteiger partial charge in [0.2, 0.25) is 0 Å². The zero-order chi connectivity index (χ0) is 0. The summed E-state index contributed by atoms with van der Waals surface area (Å²) in [4.78, 5) is 0. The van der Waals surface area contributed by atoms with Gasteiger partial charge in [-0.3, -0.25) is 0 Å². The first-order valence-electron chi connectivity index (χ1n) is 0. The zero-order valence-corrected chi connectivity index (χ0v) is 15.6. The largest absolute Gasteiger partial charge is 2.00 e. The molecule has 0 aliphatic rings. The maximum atomic E-state index is 0. The molecule has 0 N–H and O–H groups in total. The van der Waals surface area contributed by atoms with Crippen molar-refractivity contribution < 1.29 is 193 Å². The predicted octanol–water partition coefficient (Wildman–Crippen LogP) is -9.47. The average molecular weight is 236 g/mol. The summed E-state index contributed by atoms with van der Waals surface area (Å²) in [5, 5.41) is 0. The topological polar surface area (TPSA) is 114 Å². The molecular weight excluding hydrogens is 236 g/mol. The molecule has 0 rings (SSSR count). The Balaban J connectivity index is 0. The van der Waals surface area contributed by atoms with E-state index in [4.69, 9.17) is 0 Å². The van der Waals surface area contributed by atoms with Gasteiger partial charge in [-0.2, -0.15) is 0 Å². The van der Waals surface area contributed by atoms with Gasteiger partial charge < -0.3 is 21.9 Å². The fourth-order valence-electron chi connectivity index (χ4n) is 0. The number of hydrogen-bond donors (Lipinski definition) is 0. The molecule has 0 heterocycles. The molecule has 0 aliphatic heterocycles. The number of hydrogen-bond acceptors (Lipinski definition) is 0. The van der Waals surface area contributed by atoms with Crippen LogP contribution in [0.1, 0.15) is 0 Å². The molecule has 0 atom stereocenters. The van der Waals surface area contributed by atoms with E-state index in [1.807, 2.05) is 0 Å². The fraction of sp³-hybridized carbons (Fsp3) is 0. The second-order valence-corrected chi connectivity index (χ2v) is 0. The van der Waals surface area contributed by atoms with Crippen molar-refractivity contribution in [3.05, 3.63) is 0 Å². The van der Waals surface area contributed by atoms with Crippen LogP contribution in [-0.2, 0) is 39.0 Å². The van der Waals surface area contributed by atoms with Crippen LogP contribution in [0.3, 0.4) is 0 Å². The maximum Gasteiger partial charge on any atom is 1.00 e. The molecule has 8 heavy (non-hydrogen) atoms. The summed E-state index contributed by atoms with van der Waals surface area (Å²) in [5.41, 5.74) is 0. The van der Waals surface area contributed by atoms with Crippen molar-refractivity contribution in [3.63, 3.8) is 0 Å². The molecule has 0 aromatic rings. The average Bonchev–Trinajstić information content (AvgIpc) is 0. The van der Waals surface area contributed by atoms with Gasteiger partial charge in [0, 0.05) is 17.1 Å². The summed E-state index contributed by atoms with van der Waals surface area (Å²) in [6.07, 6.45) is 0. The van der Waals surface area contributed by atoms with Gasteiger partial charge >= 0.3 is 154 Å². The standard InChI is InChI=1S/3K.Mn.4O/q3*+1;;4*-2. The molecule has 4 nitrogen and oxygen atoms in total. The predicted molar refractivity (Wildman–Crippen MR) is 2.75 cm³/mol. The van der Waals surface area contributed by atoms with Crippen LogP contribution in [0.15, 0.2) is 0 Å². The first-order valence-corrected chi connectivity index (χ1v) is 0. The Morgan fingerprint density at radius 3 is 0.375 bits per heavy atom. The van der Waals surface area contributed by atoms with Crippen LogP contribution in [0.25, 0.3) is 0 Å². The molecule has 0 unspecified atom stereocenters. The molecule has 0 saturated carbocycles. The minimum atomic E-state index is 0. The SMILES string of the molecule is [K+].[K+].[K+].[Mn].[O-2].[O-2].[O-2].[O-2]. The summed E-state index contributed by atoms with van der Waals surface area (Å²) < 4.78 is 0. The van der Waals surface area contributed by atoms with Crippen LogP contribution in [0, 0.1) is 0 Å². The van der Waals surface area contributed by atoms with Crippen molar-refractivity contribution in [2.75, 3.05) is 0 Å². The Kier molecular flexibility index (Phi) is 505. The van der Waals surface area contributed by atoms with E-state index in [0.29, 0.717) is 0 Å². The molecule has 0 aromatic heterocycles. The first kappa shape index (κ1) is 71.9. The number of rotatable bonds is 0. The van der Waals surface area contributed by atoms with Crippen LogP contribution in [0.2, 0.25) is 0 Å². The van der Waals surface area contributed by atoms with Crippen LogP contribution in [0.5, 0.6) is 0 Å². The van der Waals surface area contributed by atoms with Gasteiger partial charge in [-0.15, -0.1) is 0 Å². The van der Waals surface area contributed by atoms with Crippen molar-refractivity contribution >= 4 is 0 Å². The van der Waals surface area contributed by atoms with Gasteiger partial charge in [0.1, 0.15) is 0 Å². The summed E-state index contributed by atoms with van der Waals surface area (Å²) in [6, 6.07) is 0. The maximum absolute atomic E-state index is 0. The third-order valence-corrected chi connectivity index (χ3v) is 0. The van der Waals surface area contributed by atoms with Crippen molar-refractivity contribution in [2.45, 2.75) is 0 Å². The molecule has 0 spiro atoms. The van der Waals surface area contributed by atoms with Gasteiger partial charge in [-0.05, 0) is 0 Å². The Morgan fingerprint density at radius 1 is 0.375 bits per heavy atom. The Bertz CT molecular complexity index is 11.2. The smallest absolute Gasteiger partial charge is 1.00 e. The molecule has 0 bridgehead atoms. The molecule has 0 aromatic carbocycles. The van der Waals surface area contributed by atoms with Crippen LogP contribution in [-0.4, -0.2) is 0 Å². The first-order chi connectivity index (χ1) is 0. The normalized spacial score (nSPS) is 0. The summed E-state index contributed by atoms with van der Waals surface area (Å²) in [6.45, 7) is 0. The van der Waals surface area contributed by atoms with Crippen LogP contribution in [0.4, 0.5) is 0 Å². The van der Waals surface area contributed by atoms with Crippen molar-refractivity contribution in [1.29, 1.82) is 0 Å². The molecule has 39 valence electrons. The van der Waals surface area contributed by atoms with Crippen molar-refractivity contribution in [1.82, 2.24) is 0 Å². The van der Waals surface area contributed by atoms with Crippen LogP contribution < -0.4 is 154 Å². The Morgan fingerprint density at radius 2 is 0.375 bits per heavy atom. The van der Waals surface area contributed by atoms with Gasteiger partial charge in [-0.1, -0.05) is 0 Å². The van der Waals surface area contributed by atoms with E-state index in [0.717, 1.165) is 0 Å². The van der Waals surface area contributed by atoms with Crippen molar-refractivity contribution in [2.24, 2.45) is 0 Å². The molecule has 0 fully saturated rings. The quantitative estimate of drug-likeness (QED) is 0.372. The van der Waals surface area contributed by atoms with E-state index in [2.05, 4.69) is 0 Å². The second kappa shape index (κ2) is 56.1. The molecule has 1 radical (unpaired) electrons. The van der Waals surface area contributed by atoms with Crippen LogP contribution >= 0.6 is 0 Å². The van der Waals surface area contributed by atoms with Gasteiger partial charge in [0.25, 0.3) is 0 Å². The second-order valence-electron chi connectivity index (χ2n) is 0. The molecular formula is K3MnO4-5. The van der Waals surface area contributed by atoms with Crippen molar-refractivity contribution in [3.8, 4) is 0 Å². The van der Waals surface area contributed by atoms with E-state index >= 15 is 0 Å². The Hall–Kier alpha value is 5.27. The minimum Gasteiger partial charge on any atom is -2.00 e.